The van der Waals surface area contributed by atoms with Crippen molar-refractivity contribution >= 4 is 23.7 Å². The summed E-state index contributed by atoms with van der Waals surface area (Å²) in [5.41, 5.74) is -3.50. The van der Waals surface area contributed by atoms with Crippen LogP contribution in [-0.4, -0.2) is 52.7 Å². The minimum atomic E-state index is -1.20. The number of ether oxygens (including phenoxy) is 3. The summed E-state index contributed by atoms with van der Waals surface area (Å²) in [5, 5.41) is 11.5. The van der Waals surface area contributed by atoms with Crippen LogP contribution in [0.5, 0.6) is 0 Å². The van der Waals surface area contributed by atoms with Crippen LogP contribution in [0, 0.1) is 34.0 Å². The molecule has 0 radical (unpaired) electrons. The fourth-order valence-electron chi connectivity index (χ4n) is 8.15. The van der Waals surface area contributed by atoms with Gasteiger partial charge in [0.15, 0.2) is 11.9 Å². The smallest absolute Gasteiger partial charge is 0.311 e. The van der Waals surface area contributed by atoms with Crippen LogP contribution < -0.4 is 0 Å². The van der Waals surface area contributed by atoms with Gasteiger partial charge in [-0.3, -0.25) is 19.2 Å². The van der Waals surface area contributed by atoms with Crippen LogP contribution in [0.2, 0.25) is 0 Å². The van der Waals surface area contributed by atoms with Crippen LogP contribution in [0.25, 0.3) is 0 Å². The van der Waals surface area contributed by atoms with Crippen molar-refractivity contribution in [3.63, 3.8) is 0 Å². The van der Waals surface area contributed by atoms with E-state index in [1.165, 1.54) is 6.92 Å². The summed E-state index contributed by atoms with van der Waals surface area (Å²) < 4.78 is 17.2. The highest BCUT2D eigenvalue weighted by atomic mass is 16.6. The number of ketones is 1. The molecule has 0 aromatic heterocycles. The maximum Gasteiger partial charge on any atom is 0.311 e. The number of aliphatic hydroxyl groups is 1. The Labute approximate surface area is 200 Å². The van der Waals surface area contributed by atoms with Crippen LogP contribution in [-0.2, 0) is 33.4 Å². The number of esters is 3. The predicted molar refractivity (Wildman–Crippen MR) is 120 cm³/mol. The van der Waals surface area contributed by atoms with Crippen LogP contribution in [0.4, 0.5) is 0 Å². The standard InChI is InChI=1S/C26H36O8/c1-12-9-16-25(7)15(23(4,5)34-19(29)11-17(25)28)10-18(33-14(3)27)26(16,8)20-22(31)32-13(2)21(30)24(12,20)6/h13,15-18,20,28H,1,9-11H2,2-8H3/t13-,15+,16-,17-,18+,20+,24-,25-,26-/m0/s1. The van der Waals surface area contributed by atoms with E-state index in [0.717, 1.165) is 0 Å². The number of hydrogen-bond acceptors (Lipinski definition) is 8. The molecular formula is C26H36O8. The SMILES string of the molecule is C=C1C[C@H]2[C@]3(C)[C@H](C[C@@H](OC(C)=O)[C@@]2(C)[C@@H]2C(=O)O[C@@H](C)C(=O)[C@@]12C)C(C)(C)OC(=O)C[C@@H]3O. The van der Waals surface area contributed by atoms with Gasteiger partial charge < -0.3 is 19.3 Å². The van der Waals surface area contributed by atoms with Gasteiger partial charge in [-0.25, -0.2) is 0 Å². The summed E-state index contributed by atoms with van der Waals surface area (Å²) in [6, 6.07) is 0. The van der Waals surface area contributed by atoms with Crippen molar-refractivity contribution in [3.8, 4) is 0 Å². The molecule has 188 valence electrons. The Balaban J connectivity index is 1.98. The molecule has 2 aliphatic heterocycles. The Kier molecular flexibility index (Phi) is 5.41. The summed E-state index contributed by atoms with van der Waals surface area (Å²) in [6.45, 7) is 16.3. The van der Waals surface area contributed by atoms with Crippen molar-refractivity contribution in [1.82, 2.24) is 0 Å². The van der Waals surface area contributed by atoms with E-state index in [1.807, 2.05) is 13.8 Å². The van der Waals surface area contributed by atoms with Crippen LogP contribution in [0.3, 0.4) is 0 Å². The summed E-state index contributed by atoms with van der Waals surface area (Å²) in [4.78, 5) is 51.8. The molecule has 4 rings (SSSR count). The van der Waals surface area contributed by atoms with Crippen molar-refractivity contribution in [1.29, 1.82) is 0 Å². The highest BCUT2D eigenvalue weighted by Crippen LogP contribution is 2.71. The van der Waals surface area contributed by atoms with Gasteiger partial charge in [-0.2, -0.15) is 0 Å². The number of carbonyl (C=O) groups is 4. The molecule has 0 aromatic carbocycles. The Morgan fingerprint density at radius 1 is 1.06 bits per heavy atom. The molecule has 0 spiro atoms. The van der Waals surface area contributed by atoms with Crippen LogP contribution >= 0.6 is 0 Å². The number of rotatable bonds is 1. The van der Waals surface area contributed by atoms with E-state index in [9.17, 15) is 24.3 Å². The van der Waals surface area contributed by atoms with Gasteiger partial charge in [0.2, 0.25) is 0 Å². The molecule has 2 heterocycles. The van der Waals surface area contributed by atoms with E-state index in [2.05, 4.69) is 6.58 Å². The molecule has 4 aliphatic rings. The van der Waals surface area contributed by atoms with Gasteiger partial charge in [0.1, 0.15) is 11.7 Å². The lowest BCUT2D eigenvalue weighted by Crippen LogP contribution is -2.72. The molecule has 8 heteroatoms. The molecule has 0 aromatic rings. The first-order chi connectivity index (χ1) is 15.5. The van der Waals surface area contributed by atoms with Crippen molar-refractivity contribution in [2.75, 3.05) is 0 Å². The van der Waals surface area contributed by atoms with E-state index in [-0.39, 0.29) is 24.5 Å². The molecule has 34 heavy (non-hydrogen) atoms. The molecule has 8 nitrogen and oxygen atoms in total. The lowest BCUT2D eigenvalue weighted by molar-refractivity contribution is -0.255. The molecule has 0 amide bonds. The van der Waals surface area contributed by atoms with Crippen molar-refractivity contribution < 1.29 is 38.5 Å². The summed E-state index contributed by atoms with van der Waals surface area (Å²) in [7, 11) is 0. The van der Waals surface area contributed by atoms with E-state index in [4.69, 9.17) is 14.2 Å². The number of hydrogen-bond donors (Lipinski definition) is 1. The second-order valence-electron chi connectivity index (χ2n) is 11.9. The average Bonchev–Trinajstić information content (AvgIpc) is 2.75. The predicted octanol–water partition coefficient (Wildman–Crippen LogP) is 2.75. The molecule has 1 N–H and O–H groups in total. The molecule has 2 saturated carbocycles. The van der Waals surface area contributed by atoms with Gasteiger partial charge >= 0.3 is 17.9 Å². The highest BCUT2D eigenvalue weighted by Gasteiger charge is 2.75. The molecule has 9 atom stereocenters. The van der Waals surface area contributed by atoms with Crippen molar-refractivity contribution in [2.24, 2.45) is 34.0 Å². The molecule has 2 aliphatic carbocycles. The third kappa shape index (κ3) is 2.99. The fraction of sp³-hybridized carbons (Fsp3) is 0.769. The molecule has 4 fully saturated rings. The molecular weight excluding hydrogens is 440 g/mol. The zero-order valence-corrected chi connectivity index (χ0v) is 21.1. The summed E-state index contributed by atoms with van der Waals surface area (Å²) in [6.07, 6.45) is -2.31. The van der Waals surface area contributed by atoms with E-state index in [1.54, 1.807) is 27.7 Å². The van der Waals surface area contributed by atoms with Gasteiger partial charge in [-0.15, -0.1) is 0 Å². The molecule has 0 unspecified atom stereocenters. The number of allylic oxidation sites excluding steroid dienone is 1. The zero-order chi connectivity index (χ0) is 25.6. The van der Waals surface area contributed by atoms with E-state index >= 15 is 0 Å². The van der Waals surface area contributed by atoms with Gasteiger partial charge in [0.05, 0.1) is 23.9 Å². The first kappa shape index (κ1) is 24.9. The highest BCUT2D eigenvalue weighted by molar-refractivity contribution is 6.00. The number of aliphatic hydroxyl groups excluding tert-OH is 1. The number of carbonyl (C=O) groups excluding carboxylic acids is 4. The maximum atomic E-state index is 13.5. The van der Waals surface area contributed by atoms with Crippen molar-refractivity contribution in [2.45, 2.75) is 91.6 Å². The molecule has 2 saturated heterocycles. The first-order valence-electron chi connectivity index (χ1n) is 12.0. The monoisotopic (exact) mass is 476 g/mol. The Hall–Kier alpha value is -2.22. The minimum Gasteiger partial charge on any atom is -0.462 e. The lowest BCUT2D eigenvalue weighted by atomic mass is 9.36. The van der Waals surface area contributed by atoms with E-state index in [0.29, 0.717) is 12.0 Å². The number of fused-ring (bicyclic) bond motifs is 5. The average molecular weight is 477 g/mol. The lowest BCUT2D eigenvalue weighted by Gasteiger charge is -2.68. The first-order valence-corrected chi connectivity index (χ1v) is 12.0. The van der Waals surface area contributed by atoms with Gasteiger partial charge in [-0.05, 0) is 46.5 Å². The minimum absolute atomic E-state index is 0.184. The second kappa shape index (κ2) is 7.39. The Bertz CT molecular complexity index is 983. The van der Waals surface area contributed by atoms with Crippen LogP contribution in [0.1, 0.15) is 67.7 Å². The summed E-state index contributed by atoms with van der Waals surface area (Å²) in [5.74, 6) is -3.53. The fourth-order valence-corrected chi connectivity index (χ4v) is 8.15. The quantitative estimate of drug-likeness (QED) is 0.349. The third-order valence-electron chi connectivity index (χ3n) is 9.79. The topological polar surface area (TPSA) is 116 Å². The van der Waals surface area contributed by atoms with Gasteiger partial charge in [-0.1, -0.05) is 26.0 Å². The Morgan fingerprint density at radius 3 is 2.26 bits per heavy atom. The summed E-state index contributed by atoms with van der Waals surface area (Å²) >= 11 is 0. The number of Topliss-reactive ketones (excluding diaryl/α,β-unsaturated/α-hetero) is 1. The normalized spacial score (nSPS) is 47.9. The second-order valence-corrected chi connectivity index (χ2v) is 11.9. The van der Waals surface area contributed by atoms with E-state index < -0.39 is 69.9 Å². The zero-order valence-electron chi connectivity index (χ0n) is 21.1. The van der Waals surface area contributed by atoms with Crippen molar-refractivity contribution in [3.05, 3.63) is 12.2 Å². The van der Waals surface area contributed by atoms with Crippen LogP contribution in [0.15, 0.2) is 12.2 Å². The largest absolute Gasteiger partial charge is 0.462 e. The number of cyclic esters (lactones) is 2. The maximum absolute atomic E-state index is 13.5. The molecule has 0 bridgehead atoms. The Morgan fingerprint density at radius 2 is 1.68 bits per heavy atom. The van der Waals surface area contributed by atoms with Gasteiger partial charge in [0, 0.05) is 23.7 Å². The van der Waals surface area contributed by atoms with Gasteiger partial charge in [0.25, 0.3) is 0 Å². The third-order valence-corrected chi connectivity index (χ3v) is 9.79.